The summed E-state index contributed by atoms with van der Waals surface area (Å²) in [6.45, 7) is 4.91. The molecular weight excluding hydrogens is 264 g/mol. The molecule has 3 amide bonds. The van der Waals surface area contributed by atoms with E-state index in [0.717, 1.165) is 4.90 Å². The van der Waals surface area contributed by atoms with Gasteiger partial charge >= 0.3 is 12.0 Å². The van der Waals surface area contributed by atoms with Gasteiger partial charge in [-0.3, -0.25) is 9.69 Å². The molecule has 2 heterocycles. The summed E-state index contributed by atoms with van der Waals surface area (Å²) in [5.41, 5.74) is -0.876. The first-order chi connectivity index (χ1) is 9.28. The number of carboxylic acid groups (broad SMARTS) is 1. The number of carbonyl (C=O) groups is 3. The maximum Gasteiger partial charge on any atom is 0.339 e. The molecule has 0 radical (unpaired) electrons. The molecule has 108 valence electrons. The zero-order valence-corrected chi connectivity index (χ0v) is 11.5. The molecule has 20 heavy (non-hydrogen) atoms. The van der Waals surface area contributed by atoms with Crippen LogP contribution < -0.4 is 5.32 Å². The van der Waals surface area contributed by atoms with Crippen molar-refractivity contribution in [1.82, 2.24) is 10.2 Å². The maximum atomic E-state index is 12.2. The molecule has 0 spiro atoms. The molecule has 2 N–H and O–H groups in total. The number of nitrogens with one attached hydrogen (secondary N) is 1. The Morgan fingerprint density at radius 3 is 2.60 bits per heavy atom. The summed E-state index contributed by atoms with van der Waals surface area (Å²) in [5, 5.41) is 11.6. The third-order valence-corrected chi connectivity index (χ3v) is 3.57. The normalized spacial score (nSPS) is 22.2. The summed E-state index contributed by atoms with van der Waals surface area (Å²) < 4.78 is 5.28. The molecule has 0 bridgehead atoms. The molecule has 0 aliphatic carbocycles. The minimum absolute atomic E-state index is 0.0327. The first kappa shape index (κ1) is 14.1. The third-order valence-electron chi connectivity index (χ3n) is 3.57. The second-order valence-corrected chi connectivity index (χ2v) is 4.99. The van der Waals surface area contributed by atoms with Gasteiger partial charge in [0.05, 0.1) is 6.54 Å². The van der Waals surface area contributed by atoms with E-state index in [9.17, 15) is 14.4 Å². The van der Waals surface area contributed by atoms with Gasteiger partial charge in [0.1, 0.15) is 22.6 Å². The van der Waals surface area contributed by atoms with E-state index in [1.165, 1.54) is 13.0 Å². The Morgan fingerprint density at radius 2 is 2.15 bits per heavy atom. The Labute approximate surface area is 115 Å². The van der Waals surface area contributed by atoms with E-state index in [2.05, 4.69) is 5.32 Å². The van der Waals surface area contributed by atoms with Gasteiger partial charge in [0.25, 0.3) is 5.91 Å². The van der Waals surface area contributed by atoms with Gasteiger partial charge in [-0.05, 0) is 26.3 Å². The highest BCUT2D eigenvalue weighted by molar-refractivity contribution is 6.06. The molecule has 1 saturated heterocycles. The fraction of sp³-hybridized carbons (Fsp3) is 0.462. The van der Waals surface area contributed by atoms with Crippen molar-refractivity contribution in [2.75, 3.05) is 0 Å². The van der Waals surface area contributed by atoms with Crippen LogP contribution >= 0.6 is 0 Å². The van der Waals surface area contributed by atoms with Crippen molar-refractivity contribution in [3.63, 3.8) is 0 Å². The Balaban J connectivity index is 2.22. The molecule has 1 unspecified atom stereocenters. The van der Waals surface area contributed by atoms with Crippen molar-refractivity contribution in [2.24, 2.45) is 0 Å². The summed E-state index contributed by atoms with van der Waals surface area (Å²) in [5.74, 6) is -0.925. The summed E-state index contributed by atoms with van der Waals surface area (Å²) >= 11 is 0. The predicted molar refractivity (Wildman–Crippen MR) is 68.2 cm³/mol. The van der Waals surface area contributed by atoms with Crippen molar-refractivity contribution in [1.29, 1.82) is 0 Å². The van der Waals surface area contributed by atoms with E-state index in [0.29, 0.717) is 6.42 Å². The molecule has 0 aromatic carbocycles. The fourth-order valence-electron chi connectivity index (χ4n) is 2.12. The van der Waals surface area contributed by atoms with Crippen LogP contribution in [0.5, 0.6) is 0 Å². The molecule has 1 aromatic rings. The van der Waals surface area contributed by atoms with E-state index in [1.54, 1.807) is 13.8 Å². The lowest BCUT2D eigenvalue weighted by Crippen LogP contribution is -2.43. The molecule has 1 fully saturated rings. The minimum atomic E-state index is -1.10. The highest BCUT2D eigenvalue weighted by Crippen LogP contribution is 2.24. The topological polar surface area (TPSA) is 99.8 Å². The van der Waals surface area contributed by atoms with Crippen LogP contribution in [-0.2, 0) is 11.3 Å². The molecule has 2 rings (SSSR count). The molecule has 1 aliphatic heterocycles. The van der Waals surface area contributed by atoms with Crippen molar-refractivity contribution >= 4 is 17.9 Å². The minimum Gasteiger partial charge on any atom is -0.478 e. The lowest BCUT2D eigenvalue weighted by molar-refractivity contribution is -0.131. The largest absolute Gasteiger partial charge is 0.478 e. The SMILES string of the molecule is CCC1(C)NC(=O)N(Cc2cc(C(=O)O)c(C)o2)C1=O. The standard InChI is InChI=1S/C13H16N2O5/c1-4-13(3)11(18)15(12(19)14-13)6-8-5-9(10(16)17)7(2)20-8/h5H,4,6H2,1-3H3,(H,14,19)(H,16,17). The van der Waals surface area contributed by atoms with Gasteiger partial charge in [0.15, 0.2) is 0 Å². The van der Waals surface area contributed by atoms with Crippen LogP contribution in [0, 0.1) is 6.92 Å². The number of aryl methyl sites for hydroxylation is 1. The van der Waals surface area contributed by atoms with Gasteiger partial charge in [-0.2, -0.15) is 0 Å². The van der Waals surface area contributed by atoms with Crippen molar-refractivity contribution in [3.05, 3.63) is 23.2 Å². The summed E-state index contributed by atoms with van der Waals surface area (Å²) in [6.07, 6.45) is 0.478. The number of imide groups is 1. The van der Waals surface area contributed by atoms with E-state index < -0.39 is 17.5 Å². The smallest absolute Gasteiger partial charge is 0.339 e. The van der Waals surface area contributed by atoms with Crippen LogP contribution in [0.15, 0.2) is 10.5 Å². The molecule has 7 heteroatoms. The number of hydrogen-bond acceptors (Lipinski definition) is 4. The van der Waals surface area contributed by atoms with Gasteiger partial charge in [-0.15, -0.1) is 0 Å². The maximum absolute atomic E-state index is 12.2. The summed E-state index contributed by atoms with van der Waals surface area (Å²) in [7, 11) is 0. The molecule has 1 aromatic heterocycles. The van der Waals surface area contributed by atoms with Crippen molar-refractivity contribution in [2.45, 2.75) is 39.3 Å². The van der Waals surface area contributed by atoms with Gasteiger partial charge in [-0.1, -0.05) is 6.92 Å². The molecular formula is C13H16N2O5. The number of amides is 3. The highest BCUT2D eigenvalue weighted by Gasteiger charge is 2.46. The molecule has 0 saturated carbocycles. The van der Waals surface area contributed by atoms with Crippen molar-refractivity contribution < 1.29 is 23.9 Å². The van der Waals surface area contributed by atoms with E-state index >= 15 is 0 Å². The molecule has 1 aliphatic rings. The Hall–Kier alpha value is -2.31. The zero-order valence-electron chi connectivity index (χ0n) is 11.5. The number of nitrogens with zero attached hydrogens (tertiary/aromatic N) is 1. The monoisotopic (exact) mass is 280 g/mol. The predicted octanol–water partition coefficient (Wildman–Crippen LogP) is 1.51. The van der Waals surface area contributed by atoms with Crippen LogP contribution in [0.4, 0.5) is 4.79 Å². The van der Waals surface area contributed by atoms with Gasteiger partial charge < -0.3 is 14.8 Å². The van der Waals surface area contributed by atoms with Crippen LogP contribution in [-0.4, -0.2) is 33.5 Å². The summed E-state index contributed by atoms with van der Waals surface area (Å²) in [6, 6.07) is 0.838. The van der Waals surface area contributed by atoms with Crippen LogP contribution in [0.25, 0.3) is 0 Å². The highest BCUT2D eigenvalue weighted by atomic mass is 16.4. The number of carboxylic acids is 1. The van der Waals surface area contributed by atoms with E-state index in [1.807, 2.05) is 0 Å². The number of hydrogen-bond donors (Lipinski definition) is 2. The Bertz CT molecular complexity index is 592. The first-order valence-electron chi connectivity index (χ1n) is 6.25. The number of furan rings is 1. The van der Waals surface area contributed by atoms with Crippen LogP contribution in [0.2, 0.25) is 0 Å². The quantitative estimate of drug-likeness (QED) is 0.814. The van der Waals surface area contributed by atoms with Crippen molar-refractivity contribution in [3.8, 4) is 0 Å². The number of carbonyl (C=O) groups excluding carboxylic acids is 2. The average Bonchev–Trinajstić information content (AvgIpc) is 2.84. The van der Waals surface area contributed by atoms with E-state index in [-0.39, 0.29) is 29.5 Å². The zero-order chi connectivity index (χ0) is 15.1. The first-order valence-corrected chi connectivity index (χ1v) is 6.25. The lowest BCUT2D eigenvalue weighted by Gasteiger charge is -2.18. The van der Waals surface area contributed by atoms with Crippen LogP contribution in [0.3, 0.4) is 0 Å². The number of urea groups is 1. The Morgan fingerprint density at radius 1 is 1.50 bits per heavy atom. The lowest BCUT2D eigenvalue weighted by atomic mass is 9.99. The van der Waals surface area contributed by atoms with E-state index in [4.69, 9.17) is 9.52 Å². The van der Waals surface area contributed by atoms with Gasteiger partial charge in [0.2, 0.25) is 0 Å². The average molecular weight is 280 g/mol. The van der Waals surface area contributed by atoms with Gasteiger partial charge in [-0.25, -0.2) is 9.59 Å². The van der Waals surface area contributed by atoms with Crippen LogP contribution in [0.1, 0.15) is 42.1 Å². The Kier molecular flexibility index (Phi) is 3.29. The molecule has 1 atom stereocenters. The second-order valence-electron chi connectivity index (χ2n) is 4.99. The fourth-order valence-corrected chi connectivity index (χ4v) is 2.12. The number of rotatable bonds is 4. The summed E-state index contributed by atoms with van der Waals surface area (Å²) in [4.78, 5) is 36.0. The number of aromatic carboxylic acids is 1. The second kappa shape index (κ2) is 4.66. The van der Waals surface area contributed by atoms with Gasteiger partial charge in [0, 0.05) is 0 Å². The molecule has 7 nitrogen and oxygen atoms in total. The third kappa shape index (κ3) is 2.15.